The highest BCUT2D eigenvalue weighted by atomic mass is 16.9. The Morgan fingerprint density at radius 2 is 1.35 bits per heavy atom. The maximum absolute atomic E-state index is 12.2. The first-order valence-electron chi connectivity index (χ1n) is 8.57. The van der Waals surface area contributed by atoms with E-state index < -0.39 is 0 Å². The molecule has 0 bridgehead atoms. The van der Waals surface area contributed by atoms with E-state index in [0.717, 1.165) is 56.6 Å². The van der Waals surface area contributed by atoms with Gasteiger partial charge >= 0.3 is 0 Å². The van der Waals surface area contributed by atoms with E-state index in [9.17, 15) is 10.3 Å². The normalized spacial score (nSPS) is 31.4. The lowest BCUT2D eigenvalue weighted by molar-refractivity contribution is -0.417. The lowest BCUT2D eigenvalue weighted by Gasteiger charge is -2.30. The van der Waals surface area contributed by atoms with Crippen LogP contribution < -0.4 is 0 Å². The van der Waals surface area contributed by atoms with Crippen molar-refractivity contribution in [3.63, 3.8) is 0 Å². The number of hydroxylamine groups is 2. The predicted octanol–water partition coefficient (Wildman–Crippen LogP) is 3.76. The lowest BCUT2D eigenvalue weighted by Crippen LogP contribution is -2.36. The van der Waals surface area contributed by atoms with Crippen LogP contribution in [-0.2, 0) is 10.0 Å². The molecule has 0 aromatic heterocycles. The van der Waals surface area contributed by atoms with Crippen molar-refractivity contribution in [3.05, 3.63) is 0 Å². The molecule has 1 radical (unpaired) electrons. The van der Waals surface area contributed by atoms with Crippen LogP contribution >= 0.6 is 0 Å². The Morgan fingerprint density at radius 3 is 2.10 bits per heavy atom. The summed E-state index contributed by atoms with van der Waals surface area (Å²) in [5.41, 5.74) is 0. The van der Waals surface area contributed by atoms with Crippen LogP contribution in [0.2, 0.25) is 0 Å². The van der Waals surface area contributed by atoms with Crippen LogP contribution in [0.5, 0.6) is 0 Å². The van der Waals surface area contributed by atoms with Gasteiger partial charge in [-0.1, -0.05) is 50.2 Å². The molecule has 0 amide bonds. The zero-order valence-electron chi connectivity index (χ0n) is 12.6. The average molecular weight is 284 g/mol. The number of hydrogen-bond donors (Lipinski definition) is 1. The third-order valence-corrected chi connectivity index (χ3v) is 4.76. The van der Waals surface area contributed by atoms with Gasteiger partial charge in [-0.25, -0.2) is 0 Å². The molecular formula is C16H30NO3. The largest absolute Gasteiger partial charge is 0.393 e. The molecule has 0 spiro atoms. The van der Waals surface area contributed by atoms with Gasteiger partial charge in [0, 0.05) is 0 Å². The minimum atomic E-state index is -0.229. The fourth-order valence-electron chi connectivity index (χ4n) is 3.40. The summed E-state index contributed by atoms with van der Waals surface area (Å²) in [5, 5.41) is 22.9. The Kier molecular flexibility index (Phi) is 7.28. The molecule has 2 fully saturated rings. The fourth-order valence-corrected chi connectivity index (χ4v) is 3.40. The quantitative estimate of drug-likeness (QED) is 0.803. The van der Waals surface area contributed by atoms with Gasteiger partial charge in [0.1, 0.15) is 0 Å². The van der Waals surface area contributed by atoms with Crippen LogP contribution in [0.1, 0.15) is 83.5 Å². The minimum absolute atomic E-state index is 0.0598. The van der Waals surface area contributed by atoms with Gasteiger partial charge in [0.2, 0.25) is 0 Å². The van der Waals surface area contributed by atoms with E-state index in [4.69, 9.17) is 4.84 Å². The van der Waals surface area contributed by atoms with E-state index in [1.54, 1.807) is 0 Å². The molecule has 2 aliphatic carbocycles. The second kappa shape index (κ2) is 8.98. The summed E-state index contributed by atoms with van der Waals surface area (Å²) in [6.45, 7) is 0. The Hall–Kier alpha value is -0.160. The van der Waals surface area contributed by atoms with Gasteiger partial charge in [0.15, 0.2) is 0 Å². The van der Waals surface area contributed by atoms with Crippen molar-refractivity contribution in [3.8, 4) is 0 Å². The first-order chi connectivity index (χ1) is 9.75. The molecule has 2 aliphatic rings. The number of hydrogen-bond acceptors (Lipinski definition) is 3. The zero-order valence-corrected chi connectivity index (χ0v) is 12.6. The molecule has 117 valence electrons. The number of aliphatic hydroxyl groups is 1. The van der Waals surface area contributed by atoms with Gasteiger partial charge in [0.25, 0.3) is 0 Å². The second-order valence-electron chi connectivity index (χ2n) is 6.53. The van der Waals surface area contributed by atoms with Gasteiger partial charge in [-0.15, -0.1) is 0 Å². The molecule has 2 rings (SSSR count). The van der Waals surface area contributed by atoms with Crippen molar-refractivity contribution in [1.82, 2.24) is 5.23 Å². The third-order valence-electron chi connectivity index (χ3n) is 4.76. The molecular weight excluding hydrogens is 254 g/mol. The van der Waals surface area contributed by atoms with Crippen LogP contribution in [0.15, 0.2) is 0 Å². The molecule has 20 heavy (non-hydrogen) atoms. The summed E-state index contributed by atoms with van der Waals surface area (Å²) in [4.78, 5) is 5.69. The summed E-state index contributed by atoms with van der Waals surface area (Å²) < 4.78 is 0. The molecule has 0 aromatic carbocycles. The maximum atomic E-state index is 12.2. The van der Waals surface area contributed by atoms with E-state index in [-0.39, 0.29) is 18.2 Å². The molecule has 0 aliphatic heterocycles. The van der Waals surface area contributed by atoms with Crippen molar-refractivity contribution in [2.24, 2.45) is 0 Å². The third kappa shape index (κ3) is 5.68. The highest BCUT2D eigenvalue weighted by Crippen LogP contribution is 2.25. The Balaban J connectivity index is 1.77. The molecule has 4 heteroatoms. The molecule has 2 atom stereocenters. The van der Waals surface area contributed by atoms with Gasteiger partial charge in [-0.05, 0) is 43.8 Å². The summed E-state index contributed by atoms with van der Waals surface area (Å²) in [7, 11) is 0. The van der Waals surface area contributed by atoms with E-state index in [1.807, 2.05) is 0 Å². The molecule has 0 heterocycles. The van der Waals surface area contributed by atoms with Crippen LogP contribution in [0, 0.1) is 0 Å². The standard InChI is InChI=1S/C16H30NO3/c18-15-9-7-6-8-14(12-13-15)17(19)20-16-10-4-2-1-3-5-11-16/h14-16,18H,1-13H2. The predicted molar refractivity (Wildman–Crippen MR) is 77.2 cm³/mol. The number of aliphatic hydroxyl groups excluding tert-OH is 1. The summed E-state index contributed by atoms with van der Waals surface area (Å²) in [6, 6.07) is -0.0598. The smallest absolute Gasteiger partial charge is 0.0821 e. The van der Waals surface area contributed by atoms with Crippen LogP contribution in [0.4, 0.5) is 0 Å². The van der Waals surface area contributed by atoms with Gasteiger partial charge < -0.3 is 5.11 Å². The molecule has 2 unspecified atom stereocenters. The molecule has 2 saturated carbocycles. The highest BCUT2D eigenvalue weighted by Gasteiger charge is 2.25. The van der Waals surface area contributed by atoms with Gasteiger partial charge in [-0.3, -0.25) is 4.84 Å². The molecule has 0 aromatic rings. The average Bonchev–Trinajstić information content (AvgIpc) is 2.37. The van der Waals surface area contributed by atoms with E-state index in [0.29, 0.717) is 0 Å². The van der Waals surface area contributed by atoms with Gasteiger partial charge in [0.05, 0.1) is 18.2 Å². The molecule has 0 saturated heterocycles. The van der Waals surface area contributed by atoms with Crippen molar-refractivity contribution in [2.45, 2.75) is 102 Å². The van der Waals surface area contributed by atoms with E-state index in [2.05, 4.69) is 0 Å². The van der Waals surface area contributed by atoms with Crippen LogP contribution in [0.25, 0.3) is 0 Å². The number of rotatable bonds is 3. The SMILES string of the molecule is [O]N(OC1CCCCCCC1)C1CCCCC(O)CC1. The molecule has 4 nitrogen and oxygen atoms in total. The van der Waals surface area contributed by atoms with Crippen LogP contribution in [-0.4, -0.2) is 28.6 Å². The number of nitrogens with zero attached hydrogens (tertiary/aromatic N) is 1. The maximum Gasteiger partial charge on any atom is 0.0821 e. The van der Waals surface area contributed by atoms with Crippen molar-refractivity contribution < 1.29 is 15.2 Å². The highest BCUT2D eigenvalue weighted by molar-refractivity contribution is 4.71. The summed E-state index contributed by atoms with van der Waals surface area (Å²) >= 11 is 0. The fraction of sp³-hybridized carbons (Fsp3) is 1.00. The first kappa shape index (κ1) is 16.2. The molecule has 1 N–H and O–H groups in total. The first-order valence-corrected chi connectivity index (χ1v) is 8.57. The minimum Gasteiger partial charge on any atom is -0.393 e. The zero-order chi connectivity index (χ0) is 14.2. The summed E-state index contributed by atoms with van der Waals surface area (Å²) in [6.07, 6.45) is 13.5. The second-order valence-corrected chi connectivity index (χ2v) is 6.53. The van der Waals surface area contributed by atoms with Crippen molar-refractivity contribution >= 4 is 0 Å². The Bertz CT molecular complexity index is 254. The monoisotopic (exact) mass is 284 g/mol. The van der Waals surface area contributed by atoms with E-state index >= 15 is 0 Å². The summed E-state index contributed by atoms with van der Waals surface area (Å²) in [5.74, 6) is 0. The van der Waals surface area contributed by atoms with Gasteiger partial charge in [-0.2, -0.15) is 0 Å². The topological polar surface area (TPSA) is 52.6 Å². The lowest BCUT2D eigenvalue weighted by atomic mass is 9.95. The van der Waals surface area contributed by atoms with Crippen molar-refractivity contribution in [1.29, 1.82) is 0 Å². The van der Waals surface area contributed by atoms with Crippen LogP contribution in [0.3, 0.4) is 0 Å². The van der Waals surface area contributed by atoms with Crippen molar-refractivity contribution in [2.75, 3.05) is 0 Å². The Labute approximate surface area is 123 Å². The Morgan fingerprint density at radius 1 is 0.750 bits per heavy atom. The van der Waals surface area contributed by atoms with E-state index in [1.165, 1.54) is 32.1 Å².